The third kappa shape index (κ3) is 10.5. The second-order valence-corrected chi connectivity index (χ2v) is 24.7. The van der Waals surface area contributed by atoms with Gasteiger partial charge in [0.25, 0.3) is 5.91 Å². The van der Waals surface area contributed by atoms with Crippen LogP contribution in [0.25, 0.3) is 21.1 Å². The topological polar surface area (TPSA) is 242 Å². The summed E-state index contributed by atoms with van der Waals surface area (Å²) >= 11 is 1.07. The molecule has 0 saturated carbocycles. The van der Waals surface area contributed by atoms with Crippen LogP contribution in [0.5, 0.6) is 0 Å². The van der Waals surface area contributed by atoms with Gasteiger partial charge >= 0.3 is 13.3 Å². The Labute approximate surface area is 441 Å². The van der Waals surface area contributed by atoms with E-state index in [0.29, 0.717) is 40.8 Å². The van der Waals surface area contributed by atoms with Crippen LogP contribution in [0.1, 0.15) is 90.9 Å². The first kappa shape index (κ1) is 53.3. The van der Waals surface area contributed by atoms with E-state index in [2.05, 4.69) is 15.5 Å². The Hall–Kier alpha value is -6.13. The summed E-state index contributed by atoms with van der Waals surface area (Å²) in [5.74, 6) is -5.09. The van der Waals surface area contributed by atoms with Gasteiger partial charge in [-0.3, -0.25) is 52.7 Å². The van der Waals surface area contributed by atoms with Crippen LogP contribution in [0.15, 0.2) is 77.6 Å². The monoisotopic (exact) mass is 1080 g/mol. The number of imide groups is 1. The number of hydrogen-bond donors (Lipinski definition) is 4. The van der Waals surface area contributed by atoms with Crippen LogP contribution in [0, 0.1) is 10.8 Å². The van der Waals surface area contributed by atoms with Gasteiger partial charge in [-0.05, 0) is 83.6 Å². The van der Waals surface area contributed by atoms with Crippen molar-refractivity contribution in [2.24, 2.45) is 17.9 Å². The van der Waals surface area contributed by atoms with Crippen molar-refractivity contribution in [3.63, 3.8) is 0 Å². The Morgan fingerprint density at radius 3 is 2.43 bits per heavy atom. The fraction of sp³-hybridized carbons (Fsp3) is 0.491. The average molecular weight is 1090 g/mol. The number of likely N-dealkylation sites (tertiary alicyclic amines) is 3. The molecule has 1 spiro atoms. The number of piperidine rings is 1. The molecule has 1 unspecified atom stereocenters. The highest BCUT2D eigenvalue weighted by Crippen LogP contribution is 2.53. The van der Waals surface area contributed by atoms with Crippen molar-refractivity contribution in [3.8, 4) is 0 Å². The van der Waals surface area contributed by atoms with Crippen molar-refractivity contribution in [1.82, 2.24) is 39.4 Å². The molecule has 5 fully saturated rings. The van der Waals surface area contributed by atoms with Crippen LogP contribution in [-0.4, -0.2) is 151 Å². The summed E-state index contributed by atoms with van der Waals surface area (Å²) < 4.78 is 42.3. The number of nitrogens with one attached hydrogen (secondary N) is 2. The maximum Gasteiger partial charge on any atom is 0.363 e. The highest BCUT2D eigenvalue weighted by Gasteiger charge is 2.51. The molecule has 5 saturated heterocycles. The van der Waals surface area contributed by atoms with Crippen molar-refractivity contribution < 1.29 is 57.0 Å². The zero-order valence-corrected chi connectivity index (χ0v) is 44.4. The molecule has 3 aromatic carbocycles. The van der Waals surface area contributed by atoms with Gasteiger partial charge < -0.3 is 39.3 Å². The Morgan fingerprint density at radius 2 is 1.71 bits per heavy atom. The van der Waals surface area contributed by atoms with Gasteiger partial charge in [0.2, 0.25) is 35.4 Å². The van der Waals surface area contributed by atoms with Gasteiger partial charge in [0.15, 0.2) is 0 Å². The number of carbonyl (C=O) groups excluding carboxylic acids is 6. The number of aryl methyl sites for hydroxylation is 1. The van der Waals surface area contributed by atoms with Gasteiger partial charge in [0, 0.05) is 62.9 Å². The van der Waals surface area contributed by atoms with E-state index in [1.165, 1.54) is 38.3 Å². The van der Waals surface area contributed by atoms with E-state index < -0.39 is 67.0 Å². The lowest BCUT2D eigenvalue weighted by molar-refractivity contribution is -0.158. The van der Waals surface area contributed by atoms with Crippen LogP contribution in [-0.2, 0) is 51.6 Å². The molecule has 5 aromatic rings. The zero-order valence-electron chi connectivity index (χ0n) is 42.7. The van der Waals surface area contributed by atoms with Gasteiger partial charge in [0.05, 0.1) is 35.2 Å². The molecule has 2 aromatic heterocycles. The molecular weight excluding hydrogens is 1020 g/mol. The van der Waals surface area contributed by atoms with Crippen LogP contribution in [0.3, 0.4) is 0 Å². The maximum atomic E-state index is 15.0. The minimum absolute atomic E-state index is 0.107. The summed E-state index contributed by atoms with van der Waals surface area (Å²) in [6.07, 6.45) is 0.257. The number of carbonyl (C=O) groups is 6. The third-order valence-electron chi connectivity index (χ3n) is 15.6. The molecule has 10 rings (SSSR count). The number of rotatable bonds is 13. The van der Waals surface area contributed by atoms with Crippen molar-refractivity contribution in [1.29, 1.82) is 0 Å². The first-order valence-corrected chi connectivity index (χ1v) is 28.0. The van der Waals surface area contributed by atoms with E-state index in [1.807, 2.05) is 48.5 Å². The Kier molecular flexibility index (Phi) is 14.5. The van der Waals surface area contributed by atoms with Crippen LogP contribution >= 0.6 is 18.9 Å². The molecule has 404 valence electrons. The molecule has 76 heavy (non-hydrogen) atoms. The number of thiophene rings is 1. The summed E-state index contributed by atoms with van der Waals surface area (Å²) in [5, 5.41) is 5.64. The lowest BCUT2D eigenvalue weighted by Crippen LogP contribution is -2.61. The second kappa shape index (κ2) is 20.7. The number of benzene rings is 3. The molecule has 7 heterocycles. The lowest BCUT2D eigenvalue weighted by atomic mass is 9.79. The normalized spacial score (nSPS) is 23.0. The first-order valence-electron chi connectivity index (χ1n) is 25.5. The minimum Gasteiger partial charge on any atom is -0.370 e. The van der Waals surface area contributed by atoms with Crippen molar-refractivity contribution in [3.05, 3.63) is 105 Å². The Morgan fingerprint density at radius 1 is 0.947 bits per heavy atom. The number of aromatic nitrogens is 2. The molecule has 4 N–H and O–H groups in total. The average Bonchev–Trinajstić information content (AvgIpc) is 4.20. The largest absolute Gasteiger partial charge is 0.370 e. The van der Waals surface area contributed by atoms with Crippen LogP contribution in [0.4, 0.5) is 4.39 Å². The molecule has 6 atom stereocenters. The van der Waals surface area contributed by atoms with Crippen LogP contribution < -0.4 is 16.3 Å². The quantitative estimate of drug-likeness (QED) is 0.0959. The van der Waals surface area contributed by atoms with E-state index in [9.17, 15) is 52.3 Å². The van der Waals surface area contributed by atoms with Gasteiger partial charge in [-0.15, -0.1) is 11.3 Å². The highest BCUT2D eigenvalue weighted by atomic mass is 32.1. The Balaban J connectivity index is 0.805. The summed E-state index contributed by atoms with van der Waals surface area (Å²) in [6.45, 7) is 9.13. The van der Waals surface area contributed by atoms with E-state index in [0.717, 1.165) is 42.0 Å². The molecule has 20 nitrogen and oxygen atoms in total. The maximum absolute atomic E-state index is 15.0. The number of morpholine rings is 1. The lowest BCUT2D eigenvalue weighted by Gasteiger charge is -2.48. The fourth-order valence-electron chi connectivity index (χ4n) is 11.5. The third-order valence-corrected chi connectivity index (χ3v) is 17.6. The van der Waals surface area contributed by atoms with Gasteiger partial charge in [-0.25, -0.2) is 9.18 Å². The summed E-state index contributed by atoms with van der Waals surface area (Å²) in [4.78, 5) is 122. The van der Waals surface area contributed by atoms with Crippen molar-refractivity contribution in [2.75, 3.05) is 59.0 Å². The molecule has 0 bridgehead atoms. The fourth-order valence-corrected chi connectivity index (χ4v) is 13.0. The summed E-state index contributed by atoms with van der Waals surface area (Å²) in [7, 11) is -3.41. The number of hydrogen-bond acceptors (Lipinski definition) is 12. The summed E-state index contributed by atoms with van der Waals surface area (Å²) in [5.41, 5.74) is 1.64. The molecular formula is C53H62FN8O12PS. The predicted octanol–water partition coefficient (Wildman–Crippen LogP) is 4.14. The SMILES string of the molecule is Cn1c(=O)n(C2CCC(=O)NC2=O)c2ccc(CN3CCC4(C3)CN(C(=O)CO[C@@H]3CCN(C(=O)[C@@H](NC(=O)c5cc6cc([C@H](F)P(=O)(O)O)ccc6s5)C(C)(C)C)[C@@H]3C(=O)N3CCO[C@H](c5ccccc5)C3)C4)cc21. The Bertz CT molecular complexity index is 3240. The minimum atomic E-state index is -5.08. The number of amides is 6. The van der Waals surface area contributed by atoms with Gasteiger partial charge in [0.1, 0.15) is 30.8 Å². The van der Waals surface area contributed by atoms with Gasteiger partial charge in [-0.2, -0.15) is 0 Å². The number of halogens is 1. The second-order valence-electron chi connectivity index (χ2n) is 22.0. The van der Waals surface area contributed by atoms with E-state index in [-0.39, 0.29) is 91.4 Å². The van der Waals surface area contributed by atoms with Crippen molar-refractivity contribution in [2.45, 2.75) is 89.2 Å². The van der Waals surface area contributed by atoms with E-state index >= 15 is 0 Å². The zero-order chi connectivity index (χ0) is 54.0. The standard InChI is InChI=1S/C53H62FN8O12PS/c1-52(2,3)45(56-48(66)41-24-34-23-33(11-14-40(34)76-41)46(54)75(70,71)72)50(68)61-18-16-38(44(61)49(67)59-20-21-73-39(26-59)32-8-6-5-7-9-32)74-27-43(64)60-29-53(30-60)17-19-58(28-53)25-31-10-12-35-37(22-31)57(4)51(69)62(35)36-13-15-42(63)55-47(36)65/h5-12,14,22-24,36,38-39,44-46H,13,15-21,25-30H2,1-4H3,(H,56,66)(H,55,63,65)(H2,70,71,72)/t36?,38-,39+,44+,45-,46-/m1/s1. The number of fused-ring (bicyclic) bond motifs is 2. The summed E-state index contributed by atoms with van der Waals surface area (Å²) in [6, 6.07) is 17.7. The molecule has 5 aliphatic rings. The number of ether oxygens (including phenoxy) is 2. The van der Waals surface area contributed by atoms with E-state index in [1.54, 1.807) is 37.6 Å². The molecule has 5 aliphatic heterocycles. The molecule has 23 heteroatoms. The first-order chi connectivity index (χ1) is 36.1. The number of imidazole rings is 1. The number of alkyl halides is 1. The molecule has 0 aliphatic carbocycles. The van der Waals surface area contributed by atoms with Gasteiger partial charge in [-0.1, -0.05) is 63.2 Å². The van der Waals surface area contributed by atoms with E-state index in [4.69, 9.17) is 9.47 Å². The molecule has 6 amide bonds. The van der Waals surface area contributed by atoms with Crippen molar-refractivity contribution >= 4 is 75.5 Å². The predicted molar refractivity (Wildman–Crippen MR) is 278 cm³/mol. The number of nitrogens with zero attached hydrogens (tertiary/aromatic N) is 6. The smallest absolute Gasteiger partial charge is 0.363 e. The highest BCUT2D eigenvalue weighted by molar-refractivity contribution is 7.51. The van der Waals surface area contributed by atoms with Crippen LogP contribution in [0.2, 0.25) is 0 Å². The molecule has 0 radical (unpaired) electrons.